The summed E-state index contributed by atoms with van der Waals surface area (Å²) in [5.74, 6) is 0.892. The molecule has 0 saturated carbocycles. The van der Waals surface area contributed by atoms with Gasteiger partial charge in [-0.1, -0.05) is 13.3 Å². The third-order valence-electron chi connectivity index (χ3n) is 3.88. The molecule has 130 valence electrons. The minimum Gasteiger partial charge on any atom is -0.356 e. The summed E-state index contributed by atoms with van der Waals surface area (Å²) in [5.41, 5.74) is 5.95. The molecular formula is C15H30ClN3O2S. The monoisotopic (exact) mass is 351 g/mol. The van der Waals surface area contributed by atoms with E-state index in [9.17, 15) is 9.59 Å². The van der Waals surface area contributed by atoms with Gasteiger partial charge in [0.15, 0.2) is 0 Å². The number of unbranched alkanes of at least 4 members (excludes halogenated alkanes) is 1. The van der Waals surface area contributed by atoms with E-state index in [1.165, 1.54) is 0 Å². The second-order valence-electron chi connectivity index (χ2n) is 5.66. The van der Waals surface area contributed by atoms with E-state index in [0.717, 1.165) is 44.5 Å². The zero-order chi connectivity index (χ0) is 15.7. The fraction of sp³-hybridized carbons (Fsp3) is 0.867. The molecule has 1 heterocycles. The van der Waals surface area contributed by atoms with Crippen LogP contribution in [0, 0.1) is 5.92 Å². The van der Waals surface area contributed by atoms with Gasteiger partial charge in [0.25, 0.3) is 0 Å². The number of rotatable bonds is 8. The Hall–Kier alpha value is -0.460. The lowest BCUT2D eigenvalue weighted by Gasteiger charge is -2.33. The molecule has 22 heavy (non-hydrogen) atoms. The van der Waals surface area contributed by atoms with Gasteiger partial charge in [0.2, 0.25) is 11.8 Å². The van der Waals surface area contributed by atoms with Crippen LogP contribution in [0.25, 0.3) is 0 Å². The van der Waals surface area contributed by atoms with Crippen LogP contribution in [0.2, 0.25) is 0 Å². The number of nitrogens with two attached hydrogens (primary N) is 1. The number of nitrogens with zero attached hydrogens (tertiary/aromatic N) is 1. The number of piperidine rings is 1. The molecule has 0 bridgehead atoms. The number of likely N-dealkylation sites (tertiary alicyclic amines) is 1. The van der Waals surface area contributed by atoms with E-state index < -0.39 is 6.04 Å². The molecule has 5 nitrogen and oxygen atoms in total. The van der Waals surface area contributed by atoms with E-state index in [4.69, 9.17) is 5.73 Å². The van der Waals surface area contributed by atoms with Crippen molar-refractivity contribution in [1.82, 2.24) is 10.2 Å². The molecule has 0 radical (unpaired) electrons. The Balaban J connectivity index is 0.00000441. The molecule has 1 saturated heterocycles. The van der Waals surface area contributed by atoms with Crippen LogP contribution in [0.3, 0.4) is 0 Å². The number of amides is 2. The average molecular weight is 352 g/mol. The van der Waals surface area contributed by atoms with Crippen molar-refractivity contribution >= 4 is 36.0 Å². The van der Waals surface area contributed by atoms with Gasteiger partial charge in [-0.3, -0.25) is 9.59 Å². The number of hydrogen-bond acceptors (Lipinski definition) is 4. The van der Waals surface area contributed by atoms with Crippen LogP contribution in [0.1, 0.15) is 39.0 Å². The summed E-state index contributed by atoms with van der Waals surface area (Å²) >= 11 is 1.70. The van der Waals surface area contributed by atoms with Crippen molar-refractivity contribution in [2.24, 2.45) is 11.7 Å². The fourth-order valence-electron chi connectivity index (χ4n) is 2.53. The Morgan fingerprint density at radius 2 is 2.18 bits per heavy atom. The highest BCUT2D eigenvalue weighted by molar-refractivity contribution is 7.98. The minimum atomic E-state index is -0.431. The summed E-state index contributed by atoms with van der Waals surface area (Å²) in [5, 5.41) is 2.96. The number of carbonyl (C=O) groups is 2. The lowest BCUT2D eigenvalue weighted by molar-refractivity contribution is -0.136. The molecule has 0 spiro atoms. The first-order chi connectivity index (χ1) is 10.1. The topological polar surface area (TPSA) is 75.4 Å². The van der Waals surface area contributed by atoms with Crippen molar-refractivity contribution in [3.05, 3.63) is 0 Å². The summed E-state index contributed by atoms with van der Waals surface area (Å²) in [6.45, 7) is 4.07. The maximum atomic E-state index is 12.3. The number of nitrogens with one attached hydrogen (secondary N) is 1. The van der Waals surface area contributed by atoms with E-state index >= 15 is 0 Å². The lowest BCUT2D eigenvalue weighted by atomic mass is 9.96. The van der Waals surface area contributed by atoms with Crippen LogP contribution < -0.4 is 11.1 Å². The van der Waals surface area contributed by atoms with Crippen LogP contribution in [0.15, 0.2) is 0 Å². The summed E-state index contributed by atoms with van der Waals surface area (Å²) in [6, 6.07) is -0.431. The second-order valence-corrected chi connectivity index (χ2v) is 6.64. The molecule has 2 atom stereocenters. The summed E-state index contributed by atoms with van der Waals surface area (Å²) in [7, 11) is 0. The van der Waals surface area contributed by atoms with E-state index in [2.05, 4.69) is 12.2 Å². The minimum absolute atomic E-state index is 0. The average Bonchev–Trinajstić information content (AvgIpc) is 2.52. The van der Waals surface area contributed by atoms with Crippen molar-refractivity contribution in [3.8, 4) is 0 Å². The first-order valence-corrected chi connectivity index (χ1v) is 9.30. The predicted molar refractivity (Wildman–Crippen MR) is 95.4 cm³/mol. The Labute approximate surface area is 144 Å². The van der Waals surface area contributed by atoms with Gasteiger partial charge >= 0.3 is 0 Å². The fourth-order valence-corrected chi connectivity index (χ4v) is 3.02. The summed E-state index contributed by atoms with van der Waals surface area (Å²) < 4.78 is 0. The SMILES string of the molecule is CCCCNC(=O)C1CCCN(C(=O)[C@@H](N)CCSC)C1.Cl. The number of thioether (sulfide) groups is 1. The molecule has 0 aromatic carbocycles. The third kappa shape index (κ3) is 7.20. The van der Waals surface area contributed by atoms with E-state index in [1.807, 2.05) is 6.26 Å². The van der Waals surface area contributed by atoms with Gasteiger partial charge in [0, 0.05) is 19.6 Å². The van der Waals surface area contributed by atoms with Gasteiger partial charge in [-0.15, -0.1) is 12.4 Å². The second kappa shape index (κ2) is 12.0. The first-order valence-electron chi connectivity index (χ1n) is 7.91. The van der Waals surface area contributed by atoms with Crippen LogP contribution in [0.5, 0.6) is 0 Å². The van der Waals surface area contributed by atoms with Crippen LogP contribution in [-0.2, 0) is 9.59 Å². The molecular weight excluding hydrogens is 322 g/mol. The van der Waals surface area contributed by atoms with Gasteiger partial charge in [-0.05, 0) is 37.7 Å². The summed E-state index contributed by atoms with van der Waals surface area (Å²) in [6.07, 6.45) is 6.52. The Morgan fingerprint density at radius 3 is 2.82 bits per heavy atom. The van der Waals surface area contributed by atoms with E-state index in [-0.39, 0.29) is 30.1 Å². The molecule has 1 rings (SSSR count). The van der Waals surface area contributed by atoms with Crippen LogP contribution in [0.4, 0.5) is 0 Å². The van der Waals surface area contributed by atoms with Crippen molar-refractivity contribution in [1.29, 1.82) is 0 Å². The number of hydrogen-bond donors (Lipinski definition) is 2. The van der Waals surface area contributed by atoms with E-state index in [0.29, 0.717) is 13.0 Å². The highest BCUT2D eigenvalue weighted by Crippen LogP contribution is 2.18. The molecule has 0 aromatic heterocycles. The molecule has 1 unspecified atom stereocenters. The number of carbonyl (C=O) groups excluding carboxylic acids is 2. The number of halogens is 1. The van der Waals surface area contributed by atoms with Gasteiger partial charge < -0.3 is 16.0 Å². The van der Waals surface area contributed by atoms with Crippen molar-refractivity contribution in [2.75, 3.05) is 31.6 Å². The zero-order valence-corrected chi connectivity index (χ0v) is 15.3. The lowest BCUT2D eigenvalue weighted by Crippen LogP contribution is -2.50. The predicted octanol–water partition coefficient (Wildman–Crippen LogP) is 1.64. The molecule has 3 N–H and O–H groups in total. The van der Waals surface area contributed by atoms with Gasteiger partial charge in [0.05, 0.1) is 12.0 Å². The normalized spacial score (nSPS) is 19.2. The Morgan fingerprint density at radius 1 is 1.45 bits per heavy atom. The smallest absolute Gasteiger partial charge is 0.239 e. The van der Waals surface area contributed by atoms with Crippen LogP contribution in [-0.4, -0.2) is 54.4 Å². The highest BCUT2D eigenvalue weighted by atomic mass is 35.5. The molecule has 1 aliphatic rings. The molecule has 0 aromatic rings. The maximum absolute atomic E-state index is 12.3. The molecule has 0 aliphatic carbocycles. The highest BCUT2D eigenvalue weighted by Gasteiger charge is 2.30. The molecule has 7 heteroatoms. The Kier molecular flexibility index (Phi) is 11.8. The third-order valence-corrected chi connectivity index (χ3v) is 4.53. The van der Waals surface area contributed by atoms with Gasteiger partial charge in [0.1, 0.15) is 0 Å². The summed E-state index contributed by atoms with van der Waals surface area (Å²) in [4.78, 5) is 26.2. The van der Waals surface area contributed by atoms with Crippen molar-refractivity contribution in [3.63, 3.8) is 0 Å². The van der Waals surface area contributed by atoms with Crippen molar-refractivity contribution in [2.45, 2.75) is 45.1 Å². The van der Waals surface area contributed by atoms with Crippen LogP contribution >= 0.6 is 24.2 Å². The Bertz CT molecular complexity index is 345. The zero-order valence-electron chi connectivity index (χ0n) is 13.7. The van der Waals surface area contributed by atoms with Gasteiger partial charge in [-0.2, -0.15) is 11.8 Å². The quantitative estimate of drug-likeness (QED) is 0.652. The standard InChI is InChI=1S/C15H29N3O2S.ClH/c1-3-4-8-17-14(19)12-6-5-9-18(11-12)15(20)13(16)7-10-21-2;/h12-13H,3-11,16H2,1-2H3,(H,17,19);1H/t12?,13-;/m0./s1. The largest absolute Gasteiger partial charge is 0.356 e. The maximum Gasteiger partial charge on any atom is 0.239 e. The molecule has 1 aliphatic heterocycles. The molecule has 2 amide bonds. The van der Waals surface area contributed by atoms with Crippen molar-refractivity contribution < 1.29 is 9.59 Å². The van der Waals surface area contributed by atoms with E-state index in [1.54, 1.807) is 16.7 Å². The first kappa shape index (κ1) is 21.5. The van der Waals surface area contributed by atoms with Gasteiger partial charge in [-0.25, -0.2) is 0 Å². The molecule has 1 fully saturated rings.